The van der Waals surface area contributed by atoms with Gasteiger partial charge in [-0.05, 0) is 31.0 Å². The van der Waals surface area contributed by atoms with E-state index in [2.05, 4.69) is 20.1 Å². The van der Waals surface area contributed by atoms with Crippen molar-refractivity contribution in [2.75, 3.05) is 6.61 Å². The molecular weight excluding hydrogens is 330 g/mol. The zero-order valence-corrected chi connectivity index (χ0v) is 14.1. The summed E-state index contributed by atoms with van der Waals surface area (Å²) < 4.78 is 1.70. The van der Waals surface area contributed by atoms with Crippen LogP contribution in [0.1, 0.15) is 12.6 Å². The molecule has 0 aliphatic carbocycles. The summed E-state index contributed by atoms with van der Waals surface area (Å²) in [5, 5.41) is 24.4. The molecule has 1 atom stereocenters. The Kier molecular flexibility index (Phi) is 4.55. The number of benzene rings is 1. The fourth-order valence-corrected chi connectivity index (χ4v) is 2.56. The first kappa shape index (κ1) is 16.5. The van der Waals surface area contributed by atoms with Crippen molar-refractivity contribution in [3.8, 4) is 28.7 Å². The Morgan fingerprint density at radius 1 is 1.38 bits per heavy atom. The van der Waals surface area contributed by atoms with Crippen LogP contribution in [0, 0.1) is 12.8 Å². The van der Waals surface area contributed by atoms with Crippen molar-refractivity contribution < 1.29 is 10.2 Å². The molecule has 0 radical (unpaired) electrons. The number of imidazole rings is 1. The summed E-state index contributed by atoms with van der Waals surface area (Å²) in [4.78, 5) is 11.9. The molecule has 24 heavy (non-hydrogen) atoms. The normalized spacial score (nSPS) is 12.5. The maximum absolute atomic E-state index is 10.1. The van der Waals surface area contributed by atoms with Crippen molar-refractivity contribution in [3.63, 3.8) is 0 Å². The molecule has 3 aromatic rings. The SMILES string of the molecule is Cc1[nH]cnc1-c1nc(-c2ccc(Cl)cc2O)nn1CC(C)CO. The number of rotatable bonds is 5. The molecule has 126 valence electrons. The van der Waals surface area contributed by atoms with Crippen molar-refractivity contribution in [2.24, 2.45) is 5.92 Å². The second kappa shape index (κ2) is 6.62. The molecule has 7 nitrogen and oxygen atoms in total. The third-order valence-corrected chi connectivity index (χ3v) is 3.95. The van der Waals surface area contributed by atoms with E-state index in [1.165, 1.54) is 6.07 Å². The number of nitrogens with zero attached hydrogens (tertiary/aromatic N) is 4. The third kappa shape index (κ3) is 3.13. The lowest BCUT2D eigenvalue weighted by Gasteiger charge is -2.09. The molecule has 0 aliphatic rings. The summed E-state index contributed by atoms with van der Waals surface area (Å²) in [6.07, 6.45) is 1.60. The number of aryl methyl sites for hydroxylation is 1. The van der Waals surface area contributed by atoms with Gasteiger partial charge < -0.3 is 15.2 Å². The lowest BCUT2D eigenvalue weighted by molar-refractivity contribution is 0.219. The quantitative estimate of drug-likeness (QED) is 0.658. The van der Waals surface area contributed by atoms with Crippen LogP contribution in [-0.4, -0.2) is 41.6 Å². The van der Waals surface area contributed by atoms with Crippen molar-refractivity contribution >= 4 is 11.6 Å². The zero-order valence-electron chi connectivity index (χ0n) is 13.4. The highest BCUT2D eigenvalue weighted by Crippen LogP contribution is 2.31. The van der Waals surface area contributed by atoms with E-state index in [1.807, 2.05) is 13.8 Å². The number of aromatic hydroxyl groups is 1. The maximum Gasteiger partial charge on any atom is 0.185 e. The van der Waals surface area contributed by atoms with Gasteiger partial charge in [-0.2, -0.15) is 5.10 Å². The number of aliphatic hydroxyl groups excluding tert-OH is 1. The summed E-state index contributed by atoms with van der Waals surface area (Å²) in [6.45, 7) is 4.35. The molecule has 0 bridgehead atoms. The summed E-state index contributed by atoms with van der Waals surface area (Å²) in [5.74, 6) is 0.988. The predicted octanol–water partition coefficient (Wildman–Crippen LogP) is 2.63. The predicted molar refractivity (Wildman–Crippen MR) is 90.7 cm³/mol. The zero-order chi connectivity index (χ0) is 17.3. The molecular formula is C16H18ClN5O2. The molecule has 0 aliphatic heterocycles. The van der Waals surface area contributed by atoms with Crippen LogP contribution in [-0.2, 0) is 6.54 Å². The smallest absolute Gasteiger partial charge is 0.185 e. The van der Waals surface area contributed by atoms with Gasteiger partial charge in [-0.25, -0.2) is 14.6 Å². The number of hydrogen-bond donors (Lipinski definition) is 3. The number of hydrogen-bond acceptors (Lipinski definition) is 5. The standard InChI is InChI=1S/C16H18ClN5O2/c1-9(7-23)6-22-16(14-10(2)18-8-19-14)20-15(21-22)12-4-3-11(17)5-13(12)24/h3-5,8-9,23-24H,6-7H2,1-2H3,(H,18,19). The Hall–Kier alpha value is -2.38. The van der Waals surface area contributed by atoms with Gasteiger partial charge in [-0.15, -0.1) is 0 Å². The van der Waals surface area contributed by atoms with Gasteiger partial charge in [0.2, 0.25) is 0 Å². The Labute approximate surface area is 144 Å². The van der Waals surface area contributed by atoms with E-state index < -0.39 is 0 Å². The largest absolute Gasteiger partial charge is 0.507 e. The fraction of sp³-hybridized carbons (Fsp3) is 0.312. The van der Waals surface area contributed by atoms with Crippen LogP contribution in [0.3, 0.4) is 0 Å². The lowest BCUT2D eigenvalue weighted by atomic mass is 10.2. The van der Waals surface area contributed by atoms with E-state index in [4.69, 9.17) is 11.6 Å². The van der Waals surface area contributed by atoms with E-state index in [1.54, 1.807) is 23.1 Å². The Morgan fingerprint density at radius 3 is 2.79 bits per heavy atom. The monoisotopic (exact) mass is 347 g/mol. The van der Waals surface area contributed by atoms with Gasteiger partial charge in [0.05, 0.1) is 11.9 Å². The van der Waals surface area contributed by atoms with Crippen LogP contribution in [0.5, 0.6) is 5.75 Å². The number of aromatic nitrogens is 5. The first-order chi connectivity index (χ1) is 11.5. The summed E-state index contributed by atoms with van der Waals surface area (Å²) in [5.41, 5.74) is 2.05. The second-order valence-electron chi connectivity index (χ2n) is 5.77. The van der Waals surface area contributed by atoms with E-state index >= 15 is 0 Å². The number of halogens is 1. The highest BCUT2D eigenvalue weighted by molar-refractivity contribution is 6.30. The average molecular weight is 348 g/mol. The van der Waals surface area contributed by atoms with Gasteiger partial charge in [0.25, 0.3) is 0 Å². The second-order valence-corrected chi connectivity index (χ2v) is 6.20. The van der Waals surface area contributed by atoms with E-state index in [9.17, 15) is 10.2 Å². The van der Waals surface area contributed by atoms with Gasteiger partial charge >= 0.3 is 0 Å². The van der Waals surface area contributed by atoms with Gasteiger partial charge in [0.15, 0.2) is 11.6 Å². The van der Waals surface area contributed by atoms with Gasteiger partial charge in [0.1, 0.15) is 11.4 Å². The molecule has 1 aromatic carbocycles. The Morgan fingerprint density at radius 2 is 2.17 bits per heavy atom. The van der Waals surface area contributed by atoms with Crippen LogP contribution < -0.4 is 0 Å². The van der Waals surface area contributed by atoms with E-state index in [0.29, 0.717) is 34.5 Å². The van der Waals surface area contributed by atoms with Crippen LogP contribution in [0.15, 0.2) is 24.5 Å². The summed E-state index contributed by atoms with van der Waals surface area (Å²) >= 11 is 5.88. The third-order valence-electron chi connectivity index (χ3n) is 3.71. The molecule has 0 saturated carbocycles. The van der Waals surface area contributed by atoms with Gasteiger partial charge in [-0.3, -0.25) is 0 Å². The van der Waals surface area contributed by atoms with Crippen molar-refractivity contribution in [1.29, 1.82) is 0 Å². The molecule has 0 saturated heterocycles. The fourth-order valence-electron chi connectivity index (χ4n) is 2.39. The minimum atomic E-state index is 0.0105. The molecule has 3 N–H and O–H groups in total. The molecule has 0 spiro atoms. The van der Waals surface area contributed by atoms with E-state index in [0.717, 1.165) is 5.69 Å². The van der Waals surface area contributed by atoms with Crippen LogP contribution in [0.25, 0.3) is 22.9 Å². The van der Waals surface area contributed by atoms with Crippen molar-refractivity contribution in [2.45, 2.75) is 20.4 Å². The summed E-state index contributed by atoms with van der Waals surface area (Å²) in [7, 11) is 0. The van der Waals surface area contributed by atoms with Crippen LogP contribution in [0.4, 0.5) is 0 Å². The number of phenolic OH excluding ortho intramolecular Hbond substituents is 1. The Balaban J connectivity index is 2.10. The molecule has 3 rings (SSSR count). The highest BCUT2D eigenvalue weighted by Gasteiger charge is 2.20. The molecule has 0 amide bonds. The molecule has 2 heterocycles. The number of aliphatic hydroxyl groups is 1. The van der Waals surface area contributed by atoms with Gasteiger partial charge in [-0.1, -0.05) is 18.5 Å². The van der Waals surface area contributed by atoms with E-state index in [-0.39, 0.29) is 18.3 Å². The number of nitrogens with one attached hydrogen (secondary N) is 1. The van der Waals surface area contributed by atoms with Gasteiger partial charge in [0, 0.05) is 23.9 Å². The molecule has 2 aromatic heterocycles. The first-order valence-electron chi connectivity index (χ1n) is 7.54. The van der Waals surface area contributed by atoms with Crippen molar-refractivity contribution in [1.82, 2.24) is 24.7 Å². The van der Waals surface area contributed by atoms with Crippen LogP contribution >= 0.6 is 11.6 Å². The minimum absolute atomic E-state index is 0.0105. The van der Waals surface area contributed by atoms with Crippen molar-refractivity contribution in [3.05, 3.63) is 35.2 Å². The molecule has 1 unspecified atom stereocenters. The molecule has 8 heteroatoms. The number of phenols is 1. The topological polar surface area (TPSA) is 99.9 Å². The Bertz CT molecular complexity index is 858. The summed E-state index contributed by atoms with van der Waals surface area (Å²) in [6, 6.07) is 4.80. The first-order valence-corrected chi connectivity index (χ1v) is 7.92. The lowest BCUT2D eigenvalue weighted by Crippen LogP contribution is -2.13. The van der Waals surface area contributed by atoms with Crippen LogP contribution in [0.2, 0.25) is 5.02 Å². The molecule has 0 fully saturated rings. The highest BCUT2D eigenvalue weighted by atomic mass is 35.5. The number of aromatic amines is 1. The number of H-pyrrole nitrogens is 1. The minimum Gasteiger partial charge on any atom is -0.507 e. The maximum atomic E-state index is 10.1. The average Bonchev–Trinajstić information content (AvgIpc) is 3.13.